The van der Waals surface area contributed by atoms with Gasteiger partial charge in [-0.25, -0.2) is 9.29 Å². The molecule has 5 nitrogen and oxygen atoms in total. The number of likely N-dealkylation sites (tertiary alicyclic amines) is 1. The van der Waals surface area contributed by atoms with Gasteiger partial charge in [0.2, 0.25) is 5.91 Å². The van der Waals surface area contributed by atoms with Crippen LogP contribution in [0.15, 0.2) is 48.5 Å². The fraction of sp³-hybridized carbons (Fsp3) is 0.333. The second-order valence-electron chi connectivity index (χ2n) is 7.23. The highest BCUT2D eigenvalue weighted by Gasteiger charge is 2.43. The van der Waals surface area contributed by atoms with Crippen molar-refractivity contribution in [3.8, 4) is 0 Å². The van der Waals surface area contributed by atoms with E-state index >= 15 is 0 Å². The van der Waals surface area contributed by atoms with Gasteiger partial charge in [0.05, 0.1) is 18.2 Å². The van der Waals surface area contributed by atoms with Crippen molar-refractivity contribution in [1.82, 2.24) is 4.90 Å². The zero-order valence-corrected chi connectivity index (χ0v) is 16.0. The highest BCUT2D eigenvalue weighted by molar-refractivity contribution is 6.30. The smallest absolute Gasteiger partial charge is 0.251 e. The van der Waals surface area contributed by atoms with Crippen molar-refractivity contribution in [2.45, 2.75) is 31.3 Å². The molecule has 4 rings (SSSR count). The van der Waals surface area contributed by atoms with Crippen molar-refractivity contribution in [2.75, 3.05) is 23.3 Å². The van der Waals surface area contributed by atoms with Crippen LogP contribution in [0.5, 0.6) is 0 Å². The van der Waals surface area contributed by atoms with E-state index in [9.17, 15) is 14.0 Å². The largest absolute Gasteiger partial charge is 0.382 e. The van der Waals surface area contributed by atoms with E-state index in [-0.39, 0.29) is 30.1 Å². The Labute approximate surface area is 168 Å². The molecule has 0 radical (unpaired) electrons. The molecule has 1 N–H and O–H groups in total. The van der Waals surface area contributed by atoms with E-state index in [1.54, 1.807) is 36.4 Å². The minimum Gasteiger partial charge on any atom is -0.382 e. The summed E-state index contributed by atoms with van der Waals surface area (Å²) in [5.74, 6) is -0.601. The normalized spacial score (nSPS) is 21.4. The average molecular weight is 402 g/mol. The number of imide groups is 1. The Balaban J connectivity index is 1.37. The molecule has 2 heterocycles. The number of nitrogens with one attached hydrogen (secondary N) is 1. The summed E-state index contributed by atoms with van der Waals surface area (Å²) in [5.41, 5.74) is 1.45. The second-order valence-corrected chi connectivity index (χ2v) is 7.66. The minimum absolute atomic E-state index is 0.169. The predicted octanol–water partition coefficient (Wildman–Crippen LogP) is 3.69. The molecule has 146 valence electrons. The van der Waals surface area contributed by atoms with Crippen LogP contribution in [-0.4, -0.2) is 41.9 Å². The topological polar surface area (TPSA) is 52.7 Å². The molecule has 2 aromatic carbocycles. The average Bonchev–Trinajstić information content (AvgIpc) is 2.99. The molecule has 7 heteroatoms. The molecule has 0 spiro atoms. The highest BCUT2D eigenvalue weighted by atomic mass is 35.5. The molecule has 2 aliphatic heterocycles. The summed E-state index contributed by atoms with van der Waals surface area (Å²) in [4.78, 5) is 28.7. The fourth-order valence-electron chi connectivity index (χ4n) is 3.90. The summed E-state index contributed by atoms with van der Waals surface area (Å²) in [7, 11) is 0. The molecular weight excluding hydrogens is 381 g/mol. The third-order valence-corrected chi connectivity index (χ3v) is 5.64. The SMILES string of the molecule is O=C1CC(N2CCC(Nc3ccc(F)cc3)CC2)C(=O)N1c1ccc(Cl)cc1. The van der Waals surface area contributed by atoms with Gasteiger partial charge in [0.25, 0.3) is 5.91 Å². The number of amides is 2. The third-order valence-electron chi connectivity index (χ3n) is 5.39. The number of nitrogens with zero attached hydrogens (tertiary/aromatic N) is 2. The number of hydrogen-bond donors (Lipinski definition) is 1. The lowest BCUT2D eigenvalue weighted by Gasteiger charge is -2.35. The first kappa shape index (κ1) is 18.9. The molecule has 1 unspecified atom stereocenters. The second kappa shape index (κ2) is 7.89. The standard InChI is InChI=1S/C21H21ClFN3O2/c22-14-1-7-18(8-2-14)26-20(27)13-19(21(26)28)25-11-9-17(10-12-25)24-16-5-3-15(23)4-6-16/h1-8,17,19,24H,9-13H2. The maximum absolute atomic E-state index is 13.0. The Morgan fingerprint density at radius 3 is 2.25 bits per heavy atom. The number of benzene rings is 2. The van der Waals surface area contributed by atoms with Gasteiger partial charge in [0.1, 0.15) is 5.82 Å². The highest BCUT2D eigenvalue weighted by Crippen LogP contribution is 2.28. The van der Waals surface area contributed by atoms with Gasteiger partial charge in [-0.05, 0) is 61.4 Å². The molecule has 1 atom stereocenters. The maximum Gasteiger partial charge on any atom is 0.251 e. The van der Waals surface area contributed by atoms with Gasteiger partial charge in [0, 0.05) is 29.8 Å². The van der Waals surface area contributed by atoms with Crippen LogP contribution in [0.3, 0.4) is 0 Å². The van der Waals surface area contributed by atoms with E-state index in [0.717, 1.165) is 31.6 Å². The first-order valence-corrected chi connectivity index (χ1v) is 9.77. The molecule has 0 saturated carbocycles. The number of hydrogen-bond acceptors (Lipinski definition) is 4. The molecule has 2 saturated heterocycles. The lowest BCUT2D eigenvalue weighted by molar-refractivity contribution is -0.123. The van der Waals surface area contributed by atoms with Crippen LogP contribution >= 0.6 is 11.6 Å². The number of piperidine rings is 1. The molecule has 0 aromatic heterocycles. The maximum atomic E-state index is 13.0. The zero-order valence-electron chi connectivity index (χ0n) is 15.3. The lowest BCUT2D eigenvalue weighted by atomic mass is 10.0. The predicted molar refractivity (Wildman–Crippen MR) is 107 cm³/mol. The quantitative estimate of drug-likeness (QED) is 0.794. The number of rotatable bonds is 4. The first-order valence-electron chi connectivity index (χ1n) is 9.40. The molecular formula is C21H21ClFN3O2. The van der Waals surface area contributed by atoms with Gasteiger partial charge >= 0.3 is 0 Å². The summed E-state index contributed by atoms with van der Waals surface area (Å²) in [6.45, 7) is 1.47. The van der Waals surface area contributed by atoms with Crippen LogP contribution < -0.4 is 10.2 Å². The Kier molecular flexibility index (Phi) is 5.33. The van der Waals surface area contributed by atoms with Crippen LogP contribution in [-0.2, 0) is 9.59 Å². The number of anilines is 2. The van der Waals surface area contributed by atoms with E-state index < -0.39 is 6.04 Å². The van der Waals surface area contributed by atoms with Crippen LogP contribution in [0.25, 0.3) is 0 Å². The number of carbonyl (C=O) groups is 2. The monoisotopic (exact) mass is 401 g/mol. The Bertz CT molecular complexity index is 864. The van der Waals surface area contributed by atoms with Crippen LogP contribution in [0, 0.1) is 5.82 Å². The molecule has 2 aromatic rings. The third kappa shape index (κ3) is 3.88. The molecule has 2 amide bonds. The molecule has 2 aliphatic rings. The Hall–Kier alpha value is -2.44. The van der Waals surface area contributed by atoms with Crippen LogP contribution in [0.1, 0.15) is 19.3 Å². The minimum atomic E-state index is -0.407. The molecule has 2 fully saturated rings. The molecule has 0 aliphatic carbocycles. The van der Waals surface area contributed by atoms with E-state index in [4.69, 9.17) is 11.6 Å². The van der Waals surface area contributed by atoms with Crippen molar-refractivity contribution in [3.63, 3.8) is 0 Å². The Morgan fingerprint density at radius 1 is 0.964 bits per heavy atom. The van der Waals surface area contributed by atoms with Crippen molar-refractivity contribution in [2.24, 2.45) is 0 Å². The Morgan fingerprint density at radius 2 is 1.61 bits per heavy atom. The van der Waals surface area contributed by atoms with Gasteiger partial charge < -0.3 is 5.32 Å². The summed E-state index contributed by atoms with van der Waals surface area (Å²) in [6.07, 6.45) is 1.92. The number of carbonyl (C=O) groups excluding carboxylic acids is 2. The summed E-state index contributed by atoms with van der Waals surface area (Å²) in [6, 6.07) is 12.9. The summed E-state index contributed by atoms with van der Waals surface area (Å²) >= 11 is 5.90. The summed E-state index contributed by atoms with van der Waals surface area (Å²) < 4.78 is 13.0. The van der Waals surface area contributed by atoms with Gasteiger partial charge in [-0.15, -0.1) is 0 Å². The van der Waals surface area contributed by atoms with Crippen molar-refractivity contribution < 1.29 is 14.0 Å². The van der Waals surface area contributed by atoms with Crippen LogP contribution in [0.2, 0.25) is 5.02 Å². The fourth-order valence-corrected chi connectivity index (χ4v) is 4.03. The van der Waals surface area contributed by atoms with Crippen LogP contribution in [0.4, 0.5) is 15.8 Å². The van der Waals surface area contributed by atoms with Gasteiger partial charge in [-0.2, -0.15) is 0 Å². The van der Waals surface area contributed by atoms with Crippen molar-refractivity contribution in [3.05, 3.63) is 59.4 Å². The van der Waals surface area contributed by atoms with E-state index in [1.807, 2.05) is 0 Å². The molecule has 0 bridgehead atoms. The van der Waals surface area contributed by atoms with Gasteiger partial charge in [0.15, 0.2) is 0 Å². The van der Waals surface area contributed by atoms with Gasteiger partial charge in [-0.3, -0.25) is 14.5 Å². The number of halogens is 2. The first-order chi connectivity index (χ1) is 13.5. The van der Waals surface area contributed by atoms with E-state index in [2.05, 4.69) is 10.2 Å². The van der Waals surface area contributed by atoms with Gasteiger partial charge in [-0.1, -0.05) is 11.6 Å². The van der Waals surface area contributed by atoms with E-state index in [1.165, 1.54) is 17.0 Å². The lowest BCUT2D eigenvalue weighted by Crippen LogP contribution is -2.48. The molecule has 28 heavy (non-hydrogen) atoms. The van der Waals surface area contributed by atoms with Crippen molar-refractivity contribution >= 4 is 34.8 Å². The van der Waals surface area contributed by atoms with E-state index in [0.29, 0.717) is 10.7 Å². The van der Waals surface area contributed by atoms with Crippen molar-refractivity contribution in [1.29, 1.82) is 0 Å². The summed E-state index contributed by atoms with van der Waals surface area (Å²) in [5, 5.41) is 3.98. The zero-order chi connectivity index (χ0) is 19.7.